The molecule has 0 heterocycles. The monoisotopic (exact) mass is 1510 g/mol. The SMILES string of the molecule is O=P(Oc1ccc(OP(=O)(Oc2c(Br)cc(Br)cc2Br)Oc2c(Br)cc(Br)cc2Br)cc1)(Oc1c(Br)cc(Br)cc1Br)Oc1c(Br)cc(Br)cc1Br. The van der Waals surface area contributed by atoms with E-state index in [1.807, 2.05) is 0 Å². The molecule has 0 N–H and O–H groups in total. The van der Waals surface area contributed by atoms with Crippen LogP contribution in [0.5, 0.6) is 34.5 Å². The number of hydrogen-bond acceptors (Lipinski definition) is 8. The van der Waals surface area contributed by atoms with E-state index in [4.69, 9.17) is 27.1 Å². The number of phosphoric acid groups is 2. The molecule has 8 nitrogen and oxygen atoms in total. The van der Waals surface area contributed by atoms with Crippen LogP contribution in [0.25, 0.3) is 0 Å². The summed E-state index contributed by atoms with van der Waals surface area (Å²) in [6, 6.07) is 19.4. The van der Waals surface area contributed by atoms with Gasteiger partial charge in [-0.05, 0) is 200 Å². The van der Waals surface area contributed by atoms with Crippen molar-refractivity contribution in [3.63, 3.8) is 0 Å². The van der Waals surface area contributed by atoms with E-state index in [-0.39, 0.29) is 34.5 Å². The van der Waals surface area contributed by atoms with E-state index in [2.05, 4.69) is 191 Å². The predicted molar refractivity (Wildman–Crippen MR) is 244 cm³/mol. The molecule has 0 amide bonds. The quantitative estimate of drug-likeness (QED) is 0.114. The normalized spacial score (nSPS) is 11.6. The molecule has 274 valence electrons. The molecule has 0 bridgehead atoms. The lowest BCUT2D eigenvalue weighted by molar-refractivity contribution is 0.291. The fourth-order valence-corrected chi connectivity index (χ4v) is 17.2. The molecule has 0 radical (unpaired) electrons. The van der Waals surface area contributed by atoms with Gasteiger partial charge in [0.15, 0.2) is 23.0 Å². The molecule has 5 aromatic carbocycles. The molecule has 0 fully saturated rings. The van der Waals surface area contributed by atoms with E-state index in [1.165, 1.54) is 24.3 Å². The van der Waals surface area contributed by atoms with Crippen molar-refractivity contribution < 1.29 is 36.3 Å². The van der Waals surface area contributed by atoms with E-state index in [1.54, 1.807) is 48.5 Å². The van der Waals surface area contributed by atoms with Crippen LogP contribution in [-0.4, -0.2) is 0 Å². The zero-order chi connectivity index (χ0) is 38.1. The van der Waals surface area contributed by atoms with Crippen molar-refractivity contribution in [2.24, 2.45) is 0 Å². The molecule has 0 saturated carbocycles. The fourth-order valence-electron chi connectivity index (χ4n) is 3.84. The van der Waals surface area contributed by atoms with Crippen molar-refractivity contribution in [3.05, 3.63) is 126 Å². The van der Waals surface area contributed by atoms with E-state index in [9.17, 15) is 9.13 Å². The average Bonchev–Trinajstić information content (AvgIpc) is 3.02. The van der Waals surface area contributed by atoms with Crippen LogP contribution in [-0.2, 0) is 9.13 Å². The molecule has 0 saturated heterocycles. The second kappa shape index (κ2) is 18.8. The Bertz CT molecular complexity index is 1900. The molecule has 0 unspecified atom stereocenters. The van der Waals surface area contributed by atoms with Crippen LogP contribution in [0.2, 0.25) is 0 Å². The molecule has 0 atom stereocenters. The molecule has 0 aliphatic rings. The van der Waals surface area contributed by atoms with Crippen LogP contribution < -0.4 is 27.1 Å². The van der Waals surface area contributed by atoms with E-state index < -0.39 is 15.6 Å². The molecule has 0 aliphatic carbocycles. The lowest BCUT2D eigenvalue weighted by atomic mass is 10.3. The first-order valence-corrected chi connectivity index (χ1v) is 25.8. The Balaban J connectivity index is 1.49. The van der Waals surface area contributed by atoms with Gasteiger partial charge in [-0.3, -0.25) is 0 Å². The Morgan fingerprint density at radius 2 is 0.481 bits per heavy atom. The maximum atomic E-state index is 14.5. The van der Waals surface area contributed by atoms with E-state index >= 15 is 0 Å². The summed E-state index contributed by atoms with van der Waals surface area (Å²) in [5.41, 5.74) is 0. The standard InChI is InChI=1S/C30H12Br12O8P2/c31-13-5-19(35)27(20(36)6-13)47-51(43,48-28-21(37)7-14(32)8-22(28)38)45-17-1-2-18(4-3-17)46-52(44,49-29-23(39)9-15(33)10-24(29)40)50-30-25(41)11-16(34)12-26(30)42/h1-12H. The number of halogens is 12. The highest BCUT2D eigenvalue weighted by molar-refractivity contribution is 9.13. The minimum absolute atomic E-state index is 0.0536. The van der Waals surface area contributed by atoms with Crippen molar-refractivity contribution in [2.75, 3.05) is 0 Å². The highest BCUT2D eigenvalue weighted by Crippen LogP contribution is 2.58. The number of rotatable bonds is 12. The Labute approximate surface area is 398 Å². The van der Waals surface area contributed by atoms with Crippen molar-refractivity contribution in [1.82, 2.24) is 0 Å². The Morgan fingerprint density at radius 3 is 0.654 bits per heavy atom. The van der Waals surface area contributed by atoms with Gasteiger partial charge in [0.25, 0.3) is 0 Å². The molecule has 5 aromatic rings. The molecule has 5 rings (SSSR count). The first kappa shape index (κ1) is 44.2. The van der Waals surface area contributed by atoms with Crippen molar-refractivity contribution in [1.29, 1.82) is 0 Å². The van der Waals surface area contributed by atoms with Crippen LogP contribution >= 0.6 is 207 Å². The third kappa shape index (κ3) is 11.6. The van der Waals surface area contributed by atoms with Crippen LogP contribution in [0.4, 0.5) is 0 Å². The summed E-state index contributed by atoms with van der Waals surface area (Å²) in [6.07, 6.45) is 0. The molecule has 0 spiro atoms. The number of hydrogen-bond donors (Lipinski definition) is 0. The van der Waals surface area contributed by atoms with Crippen LogP contribution in [0.15, 0.2) is 126 Å². The second-order valence-corrected chi connectivity index (χ2v) is 23.1. The summed E-state index contributed by atoms with van der Waals surface area (Å²) in [6.45, 7) is 0. The van der Waals surface area contributed by atoms with Gasteiger partial charge in [-0.25, -0.2) is 0 Å². The third-order valence-corrected chi connectivity index (χ3v) is 15.0. The van der Waals surface area contributed by atoms with Gasteiger partial charge in [0, 0.05) is 17.9 Å². The fraction of sp³-hybridized carbons (Fsp3) is 0. The summed E-state index contributed by atoms with van der Waals surface area (Å²) in [7, 11) is -9.05. The Morgan fingerprint density at radius 1 is 0.308 bits per heavy atom. The maximum absolute atomic E-state index is 14.5. The first-order chi connectivity index (χ1) is 24.3. The zero-order valence-electron chi connectivity index (χ0n) is 24.6. The van der Waals surface area contributed by atoms with E-state index in [0.717, 1.165) is 17.9 Å². The molecule has 52 heavy (non-hydrogen) atoms. The smallest absolute Gasteiger partial charge is 0.386 e. The van der Waals surface area contributed by atoms with Gasteiger partial charge in [-0.2, -0.15) is 9.13 Å². The third-order valence-electron chi connectivity index (χ3n) is 5.92. The molecule has 22 heteroatoms. The Kier molecular flexibility index (Phi) is 16.0. The van der Waals surface area contributed by atoms with E-state index in [0.29, 0.717) is 35.8 Å². The van der Waals surface area contributed by atoms with Gasteiger partial charge in [-0.15, -0.1) is 0 Å². The lowest BCUT2D eigenvalue weighted by Crippen LogP contribution is -2.10. The predicted octanol–water partition coefficient (Wildman–Crippen LogP) is 18.1. The lowest BCUT2D eigenvalue weighted by Gasteiger charge is -2.23. The van der Waals surface area contributed by atoms with Gasteiger partial charge < -0.3 is 27.1 Å². The molecule has 0 aliphatic heterocycles. The number of phosphoric ester groups is 2. The van der Waals surface area contributed by atoms with Gasteiger partial charge in [0.1, 0.15) is 11.5 Å². The van der Waals surface area contributed by atoms with Crippen LogP contribution in [0, 0.1) is 0 Å². The number of benzene rings is 5. The van der Waals surface area contributed by atoms with Crippen LogP contribution in [0.1, 0.15) is 0 Å². The topological polar surface area (TPSA) is 89.5 Å². The summed E-state index contributed by atoms with van der Waals surface area (Å²) >= 11 is 41.2. The highest BCUT2D eigenvalue weighted by Gasteiger charge is 2.38. The minimum Gasteiger partial charge on any atom is -0.386 e. The van der Waals surface area contributed by atoms with Crippen LogP contribution in [0.3, 0.4) is 0 Å². The minimum atomic E-state index is -4.53. The zero-order valence-corrected chi connectivity index (χ0v) is 45.4. The van der Waals surface area contributed by atoms with Gasteiger partial charge in [-0.1, -0.05) is 63.7 Å². The second-order valence-electron chi connectivity index (χ2n) is 9.71. The molecular formula is C30H12Br12O8P2. The highest BCUT2D eigenvalue weighted by atomic mass is 79.9. The largest absolute Gasteiger partial charge is 0.647 e. The van der Waals surface area contributed by atoms with Gasteiger partial charge in [0.2, 0.25) is 0 Å². The summed E-state index contributed by atoms with van der Waals surface area (Å²) in [5, 5.41) is 0. The molecule has 0 aromatic heterocycles. The van der Waals surface area contributed by atoms with Crippen molar-refractivity contribution >= 4 is 207 Å². The van der Waals surface area contributed by atoms with Gasteiger partial charge in [0.05, 0.1) is 35.8 Å². The van der Waals surface area contributed by atoms with Crippen molar-refractivity contribution in [3.8, 4) is 34.5 Å². The molecular weight excluding hydrogens is 1510 g/mol. The van der Waals surface area contributed by atoms with Crippen molar-refractivity contribution in [2.45, 2.75) is 0 Å². The Hall–Kier alpha value is 1.12. The first-order valence-electron chi connectivity index (χ1n) is 13.4. The summed E-state index contributed by atoms with van der Waals surface area (Å²) in [5.74, 6) is 0.724. The van der Waals surface area contributed by atoms with Gasteiger partial charge >= 0.3 is 15.6 Å². The summed E-state index contributed by atoms with van der Waals surface area (Å²) in [4.78, 5) is 0. The average molecular weight is 1520 g/mol. The maximum Gasteiger partial charge on any atom is 0.647 e. The summed E-state index contributed by atoms with van der Waals surface area (Å²) < 4.78 is 71.3.